The Morgan fingerprint density at radius 1 is 1.39 bits per heavy atom. The van der Waals surface area contributed by atoms with Crippen LogP contribution >= 0.6 is 0 Å². The predicted octanol–water partition coefficient (Wildman–Crippen LogP) is 1.32. The van der Waals surface area contributed by atoms with E-state index >= 15 is 0 Å². The first-order chi connectivity index (χ1) is 8.52. The molecule has 0 aliphatic rings. The van der Waals surface area contributed by atoms with Crippen molar-refractivity contribution in [3.05, 3.63) is 35.9 Å². The zero-order chi connectivity index (χ0) is 13.5. The Kier molecular flexibility index (Phi) is 5.07. The van der Waals surface area contributed by atoms with Crippen molar-refractivity contribution < 1.29 is 14.7 Å². The van der Waals surface area contributed by atoms with Crippen LogP contribution < -0.4 is 11.1 Å². The van der Waals surface area contributed by atoms with E-state index in [-0.39, 0.29) is 11.8 Å². The Morgan fingerprint density at radius 3 is 2.50 bits per heavy atom. The maximum absolute atomic E-state index is 11.6. The lowest BCUT2D eigenvalue weighted by Crippen LogP contribution is -2.26. The zero-order valence-electron chi connectivity index (χ0n) is 10.1. The normalized spacial score (nSPS) is 12.3. The number of rotatable bonds is 5. The van der Waals surface area contributed by atoms with Crippen molar-refractivity contribution in [2.24, 2.45) is 11.7 Å². The number of carboxylic acid groups (broad SMARTS) is 1. The fourth-order valence-electron chi connectivity index (χ4n) is 1.22. The number of aliphatic carboxylic acids is 1. The molecule has 1 unspecified atom stereocenters. The van der Waals surface area contributed by atoms with E-state index in [4.69, 9.17) is 10.8 Å². The highest BCUT2D eigenvalue weighted by atomic mass is 16.4. The van der Waals surface area contributed by atoms with Gasteiger partial charge in [-0.05, 0) is 23.8 Å². The van der Waals surface area contributed by atoms with Gasteiger partial charge in [0.1, 0.15) is 0 Å². The minimum atomic E-state index is -0.996. The Morgan fingerprint density at radius 2 is 2.00 bits per heavy atom. The number of benzene rings is 1. The molecule has 4 N–H and O–H groups in total. The van der Waals surface area contributed by atoms with E-state index in [9.17, 15) is 9.59 Å². The first-order valence-electron chi connectivity index (χ1n) is 5.55. The molecule has 0 spiro atoms. The van der Waals surface area contributed by atoms with Gasteiger partial charge < -0.3 is 16.2 Å². The monoisotopic (exact) mass is 248 g/mol. The van der Waals surface area contributed by atoms with Gasteiger partial charge in [-0.1, -0.05) is 19.1 Å². The molecule has 5 heteroatoms. The summed E-state index contributed by atoms with van der Waals surface area (Å²) in [5, 5.41) is 11.2. The highest BCUT2D eigenvalue weighted by molar-refractivity contribution is 5.92. The first-order valence-corrected chi connectivity index (χ1v) is 5.55. The molecule has 0 radical (unpaired) electrons. The lowest BCUT2D eigenvalue weighted by molar-refractivity contribution is -0.131. The fraction of sp³-hybridized carbons (Fsp3) is 0.231. The number of carbonyl (C=O) groups is 2. The summed E-state index contributed by atoms with van der Waals surface area (Å²) < 4.78 is 0. The number of hydrogen-bond donors (Lipinski definition) is 3. The molecule has 1 aromatic carbocycles. The van der Waals surface area contributed by atoms with Crippen LogP contribution in [0.5, 0.6) is 0 Å². The molecule has 0 saturated carbocycles. The average molecular weight is 248 g/mol. The molecular weight excluding hydrogens is 232 g/mol. The molecule has 0 bridgehead atoms. The minimum Gasteiger partial charge on any atom is -0.478 e. The van der Waals surface area contributed by atoms with Crippen LogP contribution in [0, 0.1) is 5.92 Å². The molecule has 0 aromatic heterocycles. The van der Waals surface area contributed by atoms with Gasteiger partial charge in [0.25, 0.3) is 0 Å². The topological polar surface area (TPSA) is 92.4 Å². The number of anilines is 1. The number of carbonyl (C=O) groups excluding carboxylic acids is 1. The van der Waals surface area contributed by atoms with E-state index in [2.05, 4.69) is 5.32 Å². The number of nitrogens with two attached hydrogens (primary N) is 1. The van der Waals surface area contributed by atoms with Crippen LogP contribution in [0.1, 0.15) is 12.5 Å². The van der Waals surface area contributed by atoms with Gasteiger partial charge in [-0.15, -0.1) is 0 Å². The summed E-state index contributed by atoms with van der Waals surface area (Å²) >= 11 is 0. The van der Waals surface area contributed by atoms with Crippen molar-refractivity contribution in [1.82, 2.24) is 0 Å². The minimum absolute atomic E-state index is 0.133. The SMILES string of the molecule is CC(CN)C(=O)Nc1ccc(/C=C/C(=O)O)cc1. The number of nitrogens with one attached hydrogen (secondary N) is 1. The smallest absolute Gasteiger partial charge is 0.328 e. The molecule has 1 amide bonds. The molecule has 0 heterocycles. The van der Waals surface area contributed by atoms with E-state index in [0.29, 0.717) is 12.2 Å². The second-order valence-corrected chi connectivity index (χ2v) is 3.92. The average Bonchev–Trinajstić information content (AvgIpc) is 2.36. The van der Waals surface area contributed by atoms with Crippen LogP contribution in [-0.4, -0.2) is 23.5 Å². The van der Waals surface area contributed by atoms with Crippen molar-refractivity contribution >= 4 is 23.6 Å². The van der Waals surface area contributed by atoms with Gasteiger partial charge in [0.05, 0.1) is 0 Å². The number of hydrogen-bond acceptors (Lipinski definition) is 3. The molecule has 1 rings (SSSR count). The molecule has 1 atom stereocenters. The molecule has 0 saturated heterocycles. The fourth-order valence-corrected chi connectivity index (χ4v) is 1.22. The van der Waals surface area contributed by atoms with Crippen LogP contribution in [0.3, 0.4) is 0 Å². The Balaban J connectivity index is 2.66. The number of amides is 1. The van der Waals surface area contributed by atoms with Crippen LogP contribution in [0.25, 0.3) is 6.08 Å². The summed E-state index contributed by atoms with van der Waals surface area (Å²) in [6, 6.07) is 6.87. The third kappa shape index (κ3) is 4.39. The third-order valence-corrected chi connectivity index (χ3v) is 2.40. The first kappa shape index (κ1) is 13.9. The highest BCUT2D eigenvalue weighted by Crippen LogP contribution is 2.11. The lowest BCUT2D eigenvalue weighted by Gasteiger charge is -2.09. The van der Waals surface area contributed by atoms with E-state index < -0.39 is 5.97 Å². The van der Waals surface area contributed by atoms with Crippen molar-refractivity contribution in [2.75, 3.05) is 11.9 Å². The second-order valence-electron chi connectivity index (χ2n) is 3.92. The Labute approximate surface area is 105 Å². The molecule has 0 aliphatic heterocycles. The maximum atomic E-state index is 11.6. The van der Waals surface area contributed by atoms with Gasteiger partial charge in [0.2, 0.25) is 5.91 Å². The van der Waals surface area contributed by atoms with Gasteiger partial charge >= 0.3 is 5.97 Å². The summed E-state index contributed by atoms with van der Waals surface area (Å²) in [6.45, 7) is 2.05. The molecule has 1 aromatic rings. The van der Waals surface area contributed by atoms with Crippen molar-refractivity contribution in [3.8, 4) is 0 Å². The quantitative estimate of drug-likeness (QED) is 0.685. The summed E-state index contributed by atoms with van der Waals surface area (Å²) in [5.41, 5.74) is 6.81. The zero-order valence-corrected chi connectivity index (χ0v) is 10.1. The third-order valence-electron chi connectivity index (χ3n) is 2.40. The van der Waals surface area contributed by atoms with Crippen LogP contribution in [0.2, 0.25) is 0 Å². The highest BCUT2D eigenvalue weighted by Gasteiger charge is 2.10. The van der Waals surface area contributed by atoms with Crippen LogP contribution in [-0.2, 0) is 9.59 Å². The predicted molar refractivity (Wildman–Crippen MR) is 70.0 cm³/mol. The van der Waals surface area contributed by atoms with Gasteiger partial charge in [-0.25, -0.2) is 4.79 Å². The van der Waals surface area contributed by atoms with Crippen molar-refractivity contribution in [3.63, 3.8) is 0 Å². The summed E-state index contributed by atoms with van der Waals surface area (Å²) in [5.74, 6) is -1.37. The van der Waals surface area contributed by atoms with E-state index in [1.54, 1.807) is 31.2 Å². The van der Waals surface area contributed by atoms with Gasteiger partial charge in [-0.2, -0.15) is 0 Å². The van der Waals surface area contributed by atoms with Crippen molar-refractivity contribution in [2.45, 2.75) is 6.92 Å². The Bertz CT molecular complexity index is 452. The van der Waals surface area contributed by atoms with Crippen LogP contribution in [0.15, 0.2) is 30.3 Å². The summed E-state index contributed by atoms with van der Waals surface area (Å²) in [4.78, 5) is 21.9. The molecule has 18 heavy (non-hydrogen) atoms. The second kappa shape index (κ2) is 6.56. The molecular formula is C13H16N2O3. The van der Waals surface area contributed by atoms with E-state index in [0.717, 1.165) is 11.6 Å². The van der Waals surface area contributed by atoms with Crippen molar-refractivity contribution in [1.29, 1.82) is 0 Å². The standard InChI is InChI=1S/C13H16N2O3/c1-9(8-14)13(18)15-11-5-2-10(3-6-11)4-7-12(16)17/h2-7,9H,8,14H2,1H3,(H,15,18)(H,16,17)/b7-4+. The maximum Gasteiger partial charge on any atom is 0.328 e. The summed E-state index contributed by atoms with van der Waals surface area (Å²) in [7, 11) is 0. The van der Waals surface area contributed by atoms with Gasteiger partial charge in [0.15, 0.2) is 0 Å². The molecule has 0 fully saturated rings. The van der Waals surface area contributed by atoms with E-state index in [1.165, 1.54) is 6.08 Å². The summed E-state index contributed by atoms with van der Waals surface area (Å²) in [6.07, 6.45) is 2.54. The van der Waals surface area contributed by atoms with E-state index in [1.807, 2.05) is 0 Å². The molecule has 96 valence electrons. The number of carboxylic acids is 1. The molecule has 5 nitrogen and oxygen atoms in total. The lowest BCUT2D eigenvalue weighted by atomic mass is 10.1. The van der Waals surface area contributed by atoms with Gasteiger partial charge in [-0.3, -0.25) is 4.79 Å². The molecule has 0 aliphatic carbocycles. The van der Waals surface area contributed by atoms with Crippen LogP contribution in [0.4, 0.5) is 5.69 Å². The largest absolute Gasteiger partial charge is 0.478 e. The Hall–Kier alpha value is -2.14. The van der Waals surface area contributed by atoms with Gasteiger partial charge in [0, 0.05) is 24.2 Å².